The maximum atomic E-state index is 12.8. The number of hydrogen-bond acceptors (Lipinski definition) is 3. The number of amides is 1. The van der Waals surface area contributed by atoms with Gasteiger partial charge in [-0.3, -0.25) is 9.69 Å². The van der Waals surface area contributed by atoms with E-state index in [1.165, 1.54) is 25.8 Å². The first-order valence-electron chi connectivity index (χ1n) is 9.38. The Hall–Kier alpha value is -1.26. The minimum absolute atomic E-state index is 0.0801. The second-order valence-electron chi connectivity index (χ2n) is 7.81. The predicted octanol–water partition coefficient (Wildman–Crippen LogP) is 4.58. The average Bonchev–Trinajstić information content (AvgIpc) is 2.80. The van der Waals surface area contributed by atoms with Crippen molar-refractivity contribution >= 4 is 23.2 Å². The van der Waals surface area contributed by atoms with Gasteiger partial charge in [0.25, 0.3) is 0 Å². The van der Waals surface area contributed by atoms with E-state index >= 15 is 0 Å². The van der Waals surface area contributed by atoms with E-state index in [0.717, 1.165) is 18.8 Å². The van der Waals surface area contributed by atoms with Gasteiger partial charge in [-0.1, -0.05) is 25.4 Å². The van der Waals surface area contributed by atoms with Crippen LogP contribution in [0.5, 0.6) is 5.75 Å². The zero-order valence-electron chi connectivity index (χ0n) is 15.4. The first-order valence-corrected chi connectivity index (χ1v) is 9.76. The highest BCUT2D eigenvalue weighted by atomic mass is 35.5. The van der Waals surface area contributed by atoms with Crippen LogP contribution >= 0.6 is 11.6 Å². The van der Waals surface area contributed by atoms with Crippen molar-refractivity contribution in [3.05, 3.63) is 23.2 Å². The summed E-state index contributed by atoms with van der Waals surface area (Å²) in [6.07, 6.45) is 5.62. The molecule has 2 bridgehead atoms. The van der Waals surface area contributed by atoms with Gasteiger partial charge in [0, 0.05) is 23.0 Å². The van der Waals surface area contributed by atoms with Gasteiger partial charge in [0.2, 0.25) is 5.91 Å². The van der Waals surface area contributed by atoms with Crippen LogP contribution in [-0.4, -0.2) is 36.5 Å². The molecule has 1 N–H and O–H groups in total. The van der Waals surface area contributed by atoms with Crippen molar-refractivity contribution in [3.8, 4) is 5.75 Å². The first-order chi connectivity index (χ1) is 12.0. The molecule has 3 rings (SSSR count). The van der Waals surface area contributed by atoms with Crippen molar-refractivity contribution in [2.45, 2.75) is 58.0 Å². The summed E-state index contributed by atoms with van der Waals surface area (Å²) < 4.78 is 5.33. The van der Waals surface area contributed by atoms with E-state index in [9.17, 15) is 4.79 Å². The number of rotatable bonds is 6. The number of fused-ring (bicyclic) bond motifs is 2. The lowest BCUT2D eigenvalue weighted by Gasteiger charge is -2.38. The summed E-state index contributed by atoms with van der Waals surface area (Å²) in [5.41, 5.74) is 0.662. The van der Waals surface area contributed by atoms with E-state index < -0.39 is 0 Å². The Morgan fingerprint density at radius 1 is 1.32 bits per heavy atom. The van der Waals surface area contributed by atoms with Gasteiger partial charge >= 0.3 is 0 Å². The molecule has 2 fully saturated rings. The van der Waals surface area contributed by atoms with Crippen LogP contribution in [0.25, 0.3) is 0 Å². The van der Waals surface area contributed by atoms with Crippen molar-refractivity contribution in [2.75, 3.05) is 19.0 Å². The number of ether oxygens (including phenoxy) is 1. The molecular weight excluding hydrogens is 336 g/mol. The predicted molar refractivity (Wildman–Crippen MR) is 102 cm³/mol. The van der Waals surface area contributed by atoms with Crippen LogP contribution in [0.1, 0.15) is 46.0 Å². The number of halogens is 1. The molecule has 0 aliphatic carbocycles. The van der Waals surface area contributed by atoms with Gasteiger partial charge in [-0.15, -0.1) is 0 Å². The lowest BCUT2D eigenvalue weighted by Crippen LogP contribution is -2.46. The van der Waals surface area contributed by atoms with E-state index in [1.807, 2.05) is 0 Å². The smallest absolute Gasteiger partial charge is 0.227 e. The molecule has 1 aromatic carbocycles. The number of nitrogens with one attached hydrogen (secondary N) is 1. The van der Waals surface area contributed by atoms with E-state index in [2.05, 4.69) is 24.1 Å². The van der Waals surface area contributed by atoms with Gasteiger partial charge in [0.05, 0.1) is 12.8 Å². The van der Waals surface area contributed by atoms with Crippen LogP contribution in [0, 0.1) is 11.8 Å². The number of methoxy groups -OCH3 is 1. The van der Waals surface area contributed by atoms with Gasteiger partial charge in [-0.25, -0.2) is 0 Å². The molecule has 5 heteroatoms. The highest BCUT2D eigenvalue weighted by Crippen LogP contribution is 2.39. The molecule has 2 atom stereocenters. The van der Waals surface area contributed by atoms with E-state index in [1.54, 1.807) is 25.3 Å². The third kappa shape index (κ3) is 4.29. The molecule has 2 aliphatic rings. The number of piperidine rings is 1. The van der Waals surface area contributed by atoms with Crippen LogP contribution in [0.2, 0.25) is 5.02 Å². The molecule has 0 aromatic heterocycles. The quantitative estimate of drug-likeness (QED) is 0.803. The van der Waals surface area contributed by atoms with E-state index in [0.29, 0.717) is 28.5 Å². The lowest BCUT2D eigenvalue weighted by molar-refractivity contribution is -0.122. The monoisotopic (exact) mass is 364 g/mol. The molecule has 25 heavy (non-hydrogen) atoms. The molecular formula is C20H29ClN2O2. The number of carbonyl (C=O) groups excluding carboxylic acids is 1. The minimum atomic E-state index is 0.0801. The van der Waals surface area contributed by atoms with Gasteiger partial charge in [0.15, 0.2) is 0 Å². The Morgan fingerprint density at radius 3 is 2.60 bits per heavy atom. The Bertz CT molecular complexity index is 606. The summed E-state index contributed by atoms with van der Waals surface area (Å²) in [6, 6.07) is 6.44. The van der Waals surface area contributed by atoms with Crippen molar-refractivity contribution in [3.63, 3.8) is 0 Å². The van der Waals surface area contributed by atoms with Crippen LogP contribution in [0.15, 0.2) is 18.2 Å². The zero-order valence-corrected chi connectivity index (χ0v) is 16.2. The molecule has 2 saturated heterocycles. The van der Waals surface area contributed by atoms with Crippen molar-refractivity contribution in [1.82, 2.24) is 4.90 Å². The topological polar surface area (TPSA) is 41.6 Å². The van der Waals surface area contributed by atoms with Gasteiger partial charge in [-0.2, -0.15) is 0 Å². The Morgan fingerprint density at radius 2 is 2.00 bits per heavy atom. The second kappa shape index (κ2) is 7.96. The molecule has 4 nitrogen and oxygen atoms in total. The van der Waals surface area contributed by atoms with E-state index in [-0.39, 0.29) is 11.8 Å². The minimum Gasteiger partial charge on any atom is -0.495 e. The fourth-order valence-corrected chi connectivity index (χ4v) is 4.45. The third-order valence-electron chi connectivity index (χ3n) is 5.64. The van der Waals surface area contributed by atoms with Gasteiger partial charge in [-0.05, 0) is 62.8 Å². The van der Waals surface area contributed by atoms with Gasteiger partial charge in [0.1, 0.15) is 5.75 Å². The molecule has 1 amide bonds. The van der Waals surface area contributed by atoms with Crippen LogP contribution in [0.3, 0.4) is 0 Å². The highest BCUT2D eigenvalue weighted by Gasteiger charge is 2.42. The first kappa shape index (κ1) is 18.5. The number of hydrogen-bond donors (Lipinski definition) is 1. The zero-order chi connectivity index (χ0) is 18.0. The summed E-state index contributed by atoms with van der Waals surface area (Å²) in [6.45, 7) is 5.73. The number of nitrogens with zero attached hydrogens (tertiary/aromatic N) is 1. The summed E-state index contributed by atoms with van der Waals surface area (Å²) in [4.78, 5) is 15.5. The second-order valence-corrected chi connectivity index (χ2v) is 8.24. The Balaban J connectivity index is 1.63. The highest BCUT2D eigenvalue weighted by molar-refractivity contribution is 6.31. The molecule has 2 aliphatic heterocycles. The number of anilines is 1. The van der Waals surface area contributed by atoms with Crippen molar-refractivity contribution < 1.29 is 9.53 Å². The Kier molecular flexibility index (Phi) is 5.90. The van der Waals surface area contributed by atoms with Crippen molar-refractivity contribution in [1.29, 1.82) is 0 Å². The molecule has 0 saturated carbocycles. The maximum Gasteiger partial charge on any atom is 0.227 e. The molecule has 0 spiro atoms. The normalized spacial score (nSPS) is 26.0. The summed E-state index contributed by atoms with van der Waals surface area (Å²) in [5, 5.41) is 3.64. The fraction of sp³-hybridized carbons (Fsp3) is 0.650. The number of carbonyl (C=O) groups is 1. The molecule has 2 unspecified atom stereocenters. The van der Waals surface area contributed by atoms with E-state index in [4.69, 9.17) is 16.3 Å². The van der Waals surface area contributed by atoms with Crippen molar-refractivity contribution in [2.24, 2.45) is 11.8 Å². The standard InChI is InChI=1S/C20H29ClN2O2/c1-13(2)8-9-23-16-5-6-17(23)11-14(10-16)20(24)22-18-12-15(21)4-7-19(18)25-3/h4,7,12-14,16-17H,5-6,8-11H2,1-3H3,(H,22,24). The summed E-state index contributed by atoms with van der Waals surface area (Å²) >= 11 is 6.07. The van der Waals surface area contributed by atoms with Gasteiger partial charge < -0.3 is 10.1 Å². The largest absolute Gasteiger partial charge is 0.495 e. The lowest BCUT2D eigenvalue weighted by atomic mass is 9.89. The maximum absolute atomic E-state index is 12.8. The number of benzene rings is 1. The average molecular weight is 365 g/mol. The van der Waals surface area contributed by atoms with Crippen LogP contribution in [0.4, 0.5) is 5.69 Å². The fourth-order valence-electron chi connectivity index (χ4n) is 4.27. The van der Waals surface area contributed by atoms with Crippen LogP contribution in [-0.2, 0) is 4.79 Å². The molecule has 1 aromatic rings. The summed E-state index contributed by atoms with van der Waals surface area (Å²) in [7, 11) is 1.60. The molecule has 138 valence electrons. The molecule has 2 heterocycles. The SMILES string of the molecule is COc1ccc(Cl)cc1NC(=O)C1CC2CCC(C1)N2CCC(C)C. The Labute approximate surface area is 155 Å². The summed E-state index contributed by atoms with van der Waals surface area (Å²) in [5.74, 6) is 1.56. The molecule has 0 radical (unpaired) electrons. The third-order valence-corrected chi connectivity index (χ3v) is 5.87. The van der Waals surface area contributed by atoms with Crippen LogP contribution < -0.4 is 10.1 Å².